The summed E-state index contributed by atoms with van der Waals surface area (Å²) in [5, 5.41) is 14.8. The van der Waals surface area contributed by atoms with Gasteiger partial charge in [0.15, 0.2) is 5.96 Å². The summed E-state index contributed by atoms with van der Waals surface area (Å²) in [6.45, 7) is 12.1. The van der Waals surface area contributed by atoms with Crippen LogP contribution in [0.15, 0.2) is 29.5 Å². The number of guanidine groups is 1. The molecule has 1 heterocycles. The number of nitrogens with one attached hydrogen (secondary N) is 2. The lowest BCUT2D eigenvalue weighted by molar-refractivity contribution is 0.303. The van der Waals surface area contributed by atoms with E-state index < -0.39 is 0 Å². The zero-order chi connectivity index (χ0) is 20.9. The molecular weight excluding hydrogens is 364 g/mol. The summed E-state index contributed by atoms with van der Waals surface area (Å²) >= 11 is 0. The highest BCUT2D eigenvalue weighted by Crippen LogP contribution is 2.21. The number of aliphatic imine (C=N–C) groups is 1. The minimum Gasteiger partial charge on any atom is -0.493 e. The van der Waals surface area contributed by atoms with Crippen molar-refractivity contribution >= 4 is 5.96 Å². The van der Waals surface area contributed by atoms with Gasteiger partial charge < -0.3 is 19.9 Å². The van der Waals surface area contributed by atoms with Crippen LogP contribution in [0.4, 0.5) is 0 Å². The number of aryl methyl sites for hydroxylation is 2. The number of benzene rings is 1. The summed E-state index contributed by atoms with van der Waals surface area (Å²) in [5.74, 6) is 2.74. The van der Waals surface area contributed by atoms with Crippen LogP contribution >= 0.6 is 0 Å². The van der Waals surface area contributed by atoms with E-state index in [0.29, 0.717) is 6.54 Å². The molecule has 0 spiro atoms. The number of unbranched alkanes of at least 4 members (excludes halogenated alkanes) is 2. The summed E-state index contributed by atoms with van der Waals surface area (Å²) in [5.41, 5.74) is 2.31. The molecule has 0 saturated heterocycles. The van der Waals surface area contributed by atoms with Gasteiger partial charge in [-0.2, -0.15) is 0 Å². The average Bonchev–Trinajstić information content (AvgIpc) is 3.18. The number of hydrogen-bond donors (Lipinski definition) is 2. The third kappa shape index (κ3) is 7.75. The Morgan fingerprint density at radius 2 is 2.03 bits per heavy atom. The van der Waals surface area contributed by atoms with E-state index >= 15 is 0 Å². The monoisotopic (exact) mass is 400 g/mol. The fraction of sp³-hybridized carbons (Fsp3) is 0.591. The fourth-order valence-electron chi connectivity index (χ4n) is 3.00. The van der Waals surface area contributed by atoms with Crippen molar-refractivity contribution in [2.75, 3.05) is 19.7 Å². The van der Waals surface area contributed by atoms with Gasteiger partial charge in [-0.05, 0) is 31.9 Å². The van der Waals surface area contributed by atoms with Gasteiger partial charge in [-0.25, -0.2) is 4.99 Å². The van der Waals surface area contributed by atoms with Crippen LogP contribution in [0, 0.1) is 6.92 Å². The van der Waals surface area contributed by atoms with Gasteiger partial charge >= 0.3 is 0 Å². The predicted molar refractivity (Wildman–Crippen MR) is 118 cm³/mol. The standard InChI is InChI=1S/C22H36N6O/c1-5-8-9-14-29-20-15-18(4)10-11-19(20)16-25-22(23-7-3)24-12-13-28-17-26-27-21(28)6-2/h10-11,15,17H,5-9,12-14,16H2,1-4H3,(H2,23,24,25). The first-order valence-electron chi connectivity index (χ1n) is 10.8. The molecule has 0 atom stereocenters. The van der Waals surface area contributed by atoms with Crippen LogP contribution < -0.4 is 15.4 Å². The Bertz CT molecular complexity index is 756. The van der Waals surface area contributed by atoms with E-state index in [0.717, 1.165) is 62.2 Å². The Morgan fingerprint density at radius 3 is 2.79 bits per heavy atom. The van der Waals surface area contributed by atoms with Gasteiger partial charge in [0.05, 0.1) is 13.2 Å². The molecule has 29 heavy (non-hydrogen) atoms. The van der Waals surface area contributed by atoms with Crippen molar-refractivity contribution in [1.82, 2.24) is 25.4 Å². The molecule has 1 aromatic heterocycles. The van der Waals surface area contributed by atoms with Crippen LogP contribution in [-0.4, -0.2) is 40.4 Å². The number of ether oxygens (including phenoxy) is 1. The summed E-state index contributed by atoms with van der Waals surface area (Å²) in [6, 6.07) is 6.33. The number of hydrogen-bond acceptors (Lipinski definition) is 4. The molecule has 2 aromatic rings. The summed E-state index contributed by atoms with van der Waals surface area (Å²) in [6.07, 6.45) is 6.13. The molecule has 0 unspecified atom stereocenters. The lowest BCUT2D eigenvalue weighted by atomic mass is 10.1. The third-order valence-electron chi connectivity index (χ3n) is 4.64. The van der Waals surface area contributed by atoms with Crippen molar-refractivity contribution in [3.63, 3.8) is 0 Å². The first-order valence-corrected chi connectivity index (χ1v) is 10.8. The first-order chi connectivity index (χ1) is 14.2. The van der Waals surface area contributed by atoms with Crippen LogP contribution in [0.25, 0.3) is 0 Å². The first kappa shape index (κ1) is 22.7. The van der Waals surface area contributed by atoms with E-state index in [1.807, 2.05) is 0 Å². The minimum atomic E-state index is 0.575. The van der Waals surface area contributed by atoms with Crippen molar-refractivity contribution in [2.24, 2.45) is 4.99 Å². The zero-order valence-electron chi connectivity index (χ0n) is 18.4. The SMILES string of the molecule is CCCCCOc1cc(C)ccc1CN=C(NCC)NCCn1cnnc1CC. The Morgan fingerprint density at radius 1 is 1.17 bits per heavy atom. The highest BCUT2D eigenvalue weighted by Gasteiger charge is 2.06. The van der Waals surface area contributed by atoms with Crippen molar-refractivity contribution in [3.05, 3.63) is 41.5 Å². The van der Waals surface area contributed by atoms with E-state index in [9.17, 15) is 0 Å². The highest BCUT2D eigenvalue weighted by molar-refractivity contribution is 5.79. The summed E-state index contributed by atoms with van der Waals surface area (Å²) in [7, 11) is 0. The molecule has 2 N–H and O–H groups in total. The molecule has 0 bridgehead atoms. The van der Waals surface area contributed by atoms with Gasteiger partial charge in [-0.15, -0.1) is 10.2 Å². The van der Waals surface area contributed by atoms with E-state index in [1.54, 1.807) is 6.33 Å². The second-order valence-corrected chi connectivity index (χ2v) is 7.08. The third-order valence-corrected chi connectivity index (χ3v) is 4.64. The van der Waals surface area contributed by atoms with Gasteiger partial charge in [0.25, 0.3) is 0 Å². The lowest BCUT2D eigenvalue weighted by Gasteiger charge is -2.14. The van der Waals surface area contributed by atoms with E-state index in [1.165, 1.54) is 18.4 Å². The highest BCUT2D eigenvalue weighted by atomic mass is 16.5. The van der Waals surface area contributed by atoms with Crippen molar-refractivity contribution in [3.8, 4) is 5.75 Å². The molecule has 7 nitrogen and oxygen atoms in total. The van der Waals surface area contributed by atoms with Gasteiger partial charge in [-0.3, -0.25) is 0 Å². The smallest absolute Gasteiger partial charge is 0.191 e. The van der Waals surface area contributed by atoms with Gasteiger partial charge in [0, 0.05) is 31.6 Å². The molecule has 0 fully saturated rings. The van der Waals surface area contributed by atoms with Crippen molar-refractivity contribution in [2.45, 2.75) is 66.5 Å². The topological polar surface area (TPSA) is 76.4 Å². The maximum Gasteiger partial charge on any atom is 0.191 e. The second kappa shape index (κ2) is 12.8. The van der Waals surface area contributed by atoms with Crippen LogP contribution in [0.3, 0.4) is 0 Å². The molecule has 0 saturated carbocycles. The molecule has 0 amide bonds. The van der Waals surface area contributed by atoms with Gasteiger partial charge in [0.1, 0.15) is 17.9 Å². The predicted octanol–water partition coefficient (Wildman–Crippen LogP) is 3.47. The van der Waals surface area contributed by atoms with Crippen LogP contribution in [-0.2, 0) is 19.5 Å². The minimum absolute atomic E-state index is 0.575. The molecule has 7 heteroatoms. The normalized spacial score (nSPS) is 11.5. The number of nitrogens with zero attached hydrogens (tertiary/aromatic N) is 4. The molecule has 0 aliphatic carbocycles. The maximum atomic E-state index is 6.04. The molecule has 160 valence electrons. The molecule has 0 aliphatic rings. The summed E-state index contributed by atoms with van der Waals surface area (Å²) < 4.78 is 8.11. The summed E-state index contributed by atoms with van der Waals surface area (Å²) in [4.78, 5) is 4.75. The Hall–Kier alpha value is -2.57. The average molecular weight is 401 g/mol. The maximum absolute atomic E-state index is 6.04. The number of rotatable bonds is 12. The largest absolute Gasteiger partial charge is 0.493 e. The Labute approximate surface area is 175 Å². The molecular formula is C22H36N6O. The quantitative estimate of drug-likeness (QED) is 0.324. The Kier molecular flexibility index (Phi) is 10.0. The molecule has 0 aliphatic heterocycles. The van der Waals surface area contributed by atoms with Crippen LogP contribution in [0.1, 0.15) is 57.0 Å². The zero-order valence-corrected chi connectivity index (χ0v) is 18.4. The molecule has 0 radical (unpaired) electrons. The van der Waals surface area contributed by atoms with E-state index in [4.69, 9.17) is 9.73 Å². The van der Waals surface area contributed by atoms with Crippen LogP contribution in [0.2, 0.25) is 0 Å². The molecule has 2 rings (SSSR count). The van der Waals surface area contributed by atoms with Crippen molar-refractivity contribution in [1.29, 1.82) is 0 Å². The van der Waals surface area contributed by atoms with Gasteiger partial charge in [0.2, 0.25) is 0 Å². The van der Waals surface area contributed by atoms with E-state index in [2.05, 4.69) is 71.3 Å². The van der Waals surface area contributed by atoms with Gasteiger partial charge in [-0.1, -0.05) is 38.8 Å². The van der Waals surface area contributed by atoms with Crippen LogP contribution in [0.5, 0.6) is 5.75 Å². The van der Waals surface area contributed by atoms with E-state index in [-0.39, 0.29) is 0 Å². The van der Waals surface area contributed by atoms with Crippen molar-refractivity contribution < 1.29 is 4.74 Å². The second-order valence-electron chi connectivity index (χ2n) is 7.08. The lowest BCUT2D eigenvalue weighted by Crippen LogP contribution is -2.38. The molecule has 1 aromatic carbocycles. The number of aromatic nitrogens is 3. The fourth-order valence-corrected chi connectivity index (χ4v) is 3.00. The Balaban J connectivity index is 1.96.